The number of hydrogen-bond donors (Lipinski definition) is 3. The number of benzene rings is 3. The maximum atomic E-state index is 13.7. The van der Waals surface area contributed by atoms with Gasteiger partial charge in [-0.1, -0.05) is 64.7 Å². The molecule has 0 aliphatic rings. The zero-order valence-electron chi connectivity index (χ0n) is 24.2. The number of carbonyl (C=O) groups excluding carboxylic acids is 1. The van der Waals surface area contributed by atoms with Crippen LogP contribution in [0.15, 0.2) is 66.7 Å². The van der Waals surface area contributed by atoms with Gasteiger partial charge in [0.25, 0.3) is 0 Å². The Morgan fingerprint density at radius 3 is 2.07 bits per heavy atom. The Bertz CT molecular complexity index is 1360. The van der Waals surface area contributed by atoms with E-state index in [4.69, 9.17) is 4.74 Å². The number of ketones is 1. The summed E-state index contributed by atoms with van der Waals surface area (Å²) in [5.41, 5.74) is 2.02. The van der Waals surface area contributed by atoms with E-state index in [0.29, 0.717) is 17.7 Å². The zero-order valence-corrected chi connectivity index (χ0v) is 25.0. The second kappa shape index (κ2) is 16.2. The third-order valence-corrected chi connectivity index (χ3v) is 8.60. The maximum Gasteiger partial charge on any atom is 0.195 e. The second-order valence-corrected chi connectivity index (χ2v) is 11.7. The van der Waals surface area contributed by atoms with Crippen LogP contribution >= 0.6 is 11.3 Å². The topological polar surface area (TPSA) is 78.8 Å². The molecule has 4 rings (SSSR count). The van der Waals surface area contributed by atoms with E-state index in [1.165, 1.54) is 75.5 Å². The van der Waals surface area contributed by atoms with Crippen LogP contribution in [0, 0.1) is 0 Å². The summed E-state index contributed by atoms with van der Waals surface area (Å²) < 4.78 is 6.73. The van der Waals surface area contributed by atoms with Crippen molar-refractivity contribution in [3.05, 3.63) is 77.9 Å². The van der Waals surface area contributed by atoms with Crippen LogP contribution in [0.4, 0.5) is 0 Å². The van der Waals surface area contributed by atoms with E-state index in [2.05, 4.69) is 12.2 Å². The molecule has 0 amide bonds. The molecule has 4 aromatic rings. The van der Waals surface area contributed by atoms with Crippen LogP contribution < -0.4 is 10.1 Å². The van der Waals surface area contributed by atoms with Gasteiger partial charge < -0.3 is 20.3 Å². The van der Waals surface area contributed by atoms with Gasteiger partial charge >= 0.3 is 0 Å². The summed E-state index contributed by atoms with van der Waals surface area (Å²) in [6, 6.07) is 19.2. The van der Waals surface area contributed by atoms with Crippen LogP contribution in [-0.4, -0.2) is 35.7 Å². The standard InChI is InChI=1S/C35H43NO4S/c1-2-3-4-5-6-7-8-9-10-11-22-36-23-24-40-30-19-14-26(15-20-30)34(39)33-31-21-18-29(38)25-32(31)41-35(33)27-12-16-28(37)17-13-27/h12-21,25,36-38H,2-11,22-24H2,1H3. The summed E-state index contributed by atoms with van der Waals surface area (Å²) in [6.45, 7) is 4.65. The average molecular weight is 574 g/mol. The van der Waals surface area contributed by atoms with Gasteiger partial charge in [0.2, 0.25) is 0 Å². The predicted molar refractivity (Wildman–Crippen MR) is 171 cm³/mol. The van der Waals surface area contributed by atoms with Crippen molar-refractivity contribution in [2.45, 2.75) is 71.1 Å². The van der Waals surface area contributed by atoms with Gasteiger partial charge in [0.05, 0.1) is 0 Å². The quantitative estimate of drug-likeness (QED) is 0.0817. The fourth-order valence-electron chi connectivity index (χ4n) is 5.08. The molecule has 0 aliphatic heterocycles. The van der Waals surface area contributed by atoms with Crippen molar-refractivity contribution in [1.82, 2.24) is 5.32 Å². The van der Waals surface area contributed by atoms with Gasteiger partial charge in [0.15, 0.2) is 5.78 Å². The number of rotatable bonds is 18. The van der Waals surface area contributed by atoms with E-state index < -0.39 is 0 Å². The molecule has 3 N–H and O–H groups in total. The molecular formula is C35H43NO4S. The van der Waals surface area contributed by atoms with Crippen LogP contribution in [0.1, 0.15) is 87.1 Å². The largest absolute Gasteiger partial charge is 0.508 e. The Morgan fingerprint density at radius 2 is 1.39 bits per heavy atom. The van der Waals surface area contributed by atoms with Crippen molar-refractivity contribution >= 4 is 27.2 Å². The highest BCUT2D eigenvalue weighted by atomic mass is 32.1. The van der Waals surface area contributed by atoms with Crippen LogP contribution in [0.25, 0.3) is 20.5 Å². The number of aromatic hydroxyl groups is 2. The molecule has 41 heavy (non-hydrogen) atoms. The van der Waals surface area contributed by atoms with E-state index in [0.717, 1.165) is 39.4 Å². The molecule has 6 heteroatoms. The molecule has 0 unspecified atom stereocenters. The Balaban J connectivity index is 1.24. The highest BCUT2D eigenvalue weighted by Crippen LogP contribution is 2.41. The van der Waals surface area contributed by atoms with Gasteiger partial charge in [-0.25, -0.2) is 0 Å². The van der Waals surface area contributed by atoms with Gasteiger partial charge in [-0.05, 0) is 85.3 Å². The minimum atomic E-state index is -0.0882. The molecule has 0 saturated heterocycles. The second-order valence-electron chi connectivity index (χ2n) is 10.7. The van der Waals surface area contributed by atoms with Crippen molar-refractivity contribution in [2.75, 3.05) is 19.7 Å². The number of hydrogen-bond acceptors (Lipinski definition) is 6. The molecule has 0 saturated carbocycles. The number of unbranched alkanes of at least 4 members (excludes halogenated alkanes) is 9. The van der Waals surface area contributed by atoms with Crippen LogP contribution in [-0.2, 0) is 0 Å². The number of thiophene rings is 1. The Hall–Kier alpha value is -3.35. The molecule has 1 aromatic heterocycles. The molecule has 0 fully saturated rings. The molecule has 3 aromatic carbocycles. The lowest BCUT2D eigenvalue weighted by Gasteiger charge is -2.09. The van der Waals surface area contributed by atoms with Crippen molar-refractivity contribution in [3.63, 3.8) is 0 Å². The molecule has 0 radical (unpaired) electrons. The number of phenols is 2. The summed E-state index contributed by atoms with van der Waals surface area (Å²) in [6.07, 6.45) is 13.4. The van der Waals surface area contributed by atoms with Gasteiger partial charge in [0, 0.05) is 32.6 Å². The third kappa shape index (κ3) is 9.07. The van der Waals surface area contributed by atoms with Gasteiger partial charge in [-0.2, -0.15) is 0 Å². The lowest BCUT2D eigenvalue weighted by atomic mass is 9.97. The summed E-state index contributed by atoms with van der Waals surface area (Å²) >= 11 is 1.46. The summed E-state index contributed by atoms with van der Waals surface area (Å²) in [5, 5.41) is 24.0. The molecule has 218 valence electrons. The SMILES string of the molecule is CCCCCCCCCCCCNCCOc1ccc(C(=O)c2c(-c3ccc(O)cc3)sc3cc(O)ccc23)cc1. The lowest BCUT2D eigenvalue weighted by Crippen LogP contribution is -2.22. The number of ether oxygens (including phenoxy) is 1. The summed E-state index contributed by atoms with van der Waals surface area (Å²) in [5.74, 6) is 0.982. The monoisotopic (exact) mass is 573 g/mol. The number of carbonyl (C=O) groups is 1. The Morgan fingerprint density at radius 1 is 0.756 bits per heavy atom. The van der Waals surface area contributed by atoms with E-state index in [1.807, 2.05) is 12.1 Å². The van der Waals surface area contributed by atoms with E-state index in [-0.39, 0.29) is 17.3 Å². The van der Waals surface area contributed by atoms with E-state index >= 15 is 0 Å². The normalized spacial score (nSPS) is 11.2. The minimum absolute atomic E-state index is 0.0882. The van der Waals surface area contributed by atoms with E-state index in [1.54, 1.807) is 54.6 Å². The average Bonchev–Trinajstić information content (AvgIpc) is 3.36. The van der Waals surface area contributed by atoms with Gasteiger partial charge in [0.1, 0.15) is 23.9 Å². The van der Waals surface area contributed by atoms with Gasteiger partial charge in [-0.3, -0.25) is 4.79 Å². The fraction of sp³-hybridized carbons (Fsp3) is 0.400. The van der Waals surface area contributed by atoms with Crippen molar-refractivity contribution < 1.29 is 19.7 Å². The molecule has 0 aliphatic carbocycles. The Kier molecular flexibility index (Phi) is 12.1. The molecule has 5 nitrogen and oxygen atoms in total. The maximum absolute atomic E-state index is 13.7. The first-order valence-electron chi connectivity index (χ1n) is 15.1. The van der Waals surface area contributed by atoms with Crippen molar-refractivity contribution in [3.8, 4) is 27.7 Å². The van der Waals surface area contributed by atoms with E-state index in [9.17, 15) is 15.0 Å². The fourth-order valence-corrected chi connectivity index (χ4v) is 6.32. The molecular weight excluding hydrogens is 530 g/mol. The van der Waals surface area contributed by atoms with Crippen LogP contribution in [0.2, 0.25) is 0 Å². The molecule has 0 atom stereocenters. The first kappa shape index (κ1) is 30.6. The molecule has 1 heterocycles. The highest BCUT2D eigenvalue weighted by Gasteiger charge is 2.22. The van der Waals surface area contributed by atoms with Crippen molar-refractivity contribution in [2.24, 2.45) is 0 Å². The first-order chi connectivity index (χ1) is 20.1. The number of fused-ring (bicyclic) bond motifs is 1. The van der Waals surface area contributed by atoms with Crippen molar-refractivity contribution in [1.29, 1.82) is 0 Å². The van der Waals surface area contributed by atoms with Crippen LogP contribution in [0.5, 0.6) is 17.2 Å². The first-order valence-corrected chi connectivity index (χ1v) is 15.9. The summed E-state index contributed by atoms with van der Waals surface area (Å²) in [4.78, 5) is 14.5. The predicted octanol–water partition coefficient (Wildman–Crippen LogP) is 9.10. The Labute approximate surface area is 248 Å². The highest BCUT2D eigenvalue weighted by molar-refractivity contribution is 7.22. The lowest BCUT2D eigenvalue weighted by molar-refractivity contribution is 0.104. The minimum Gasteiger partial charge on any atom is -0.508 e. The third-order valence-electron chi connectivity index (χ3n) is 7.40. The molecule has 0 bridgehead atoms. The van der Waals surface area contributed by atoms with Crippen LogP contribution in [0.3, 0.4) is 0 Å². The van der Waals surface area contributed by atoms with Gasteiger partial charge in [-0.15, -0.1) is 11.3 Å². The summed E-state index contributed by atoms with van der Waals surface area (Å²) in [7, 11) is 0. The smallest absolute Gasteiger partial charge is 0.195 e. The molecule has 0 spiro atoms. The zero-order chi connectivity index (χ0) is 28.9. The number of phenolic OH excluding ortho intramolecular Hbond substituents is 2. The number of nitrogens with one attached hydrogen (secondary N) is 1.